The molecule has 0 fully saturated rings. The lowest BCUT2D eigenvalue weighted by Gasteiger charge is -2.26. The molecule has 2 aromatic carbocycles. The molecule has 0 bridgehead atoms. The van der Waals surface area contributed by atoms with E-state index in [-0.39, 0.29) is 23.9 Å². The van der Waals surface area contributed by atoms with Gasteiger partial charge in [0.2, 0.25) is 15.9 Å². The standard InChI is InChI=1S/C20H25BrN2O3S/c1-3-22(4-2)20(24)16-23(15-14-17-8-6-5-7-9-17)27(25,26)19-12-10-18(21)11-13-19/h5-13H,3-4,14-16H2,1-2H3. The van der Waals surface area contributed by atoms with E-state index in [0.29, 0.717) is 19.5 Å². The Hall–Kier alpha value is -1.70. The zero-order valence-corrected chi connectivity index (χ0v) is 18.0. The number of sulfonamides is 1. The summed E-state index contributed by atoms with van der Waals surface area (Å²) in [6.45, 7) is 4.97. The van der Waals surface area contributed by atoms with Gasteiger partial charge in [0.25, 0.3) is 0 Å². The Balaban J connectivity index is 2.27. The van der Waals surface area contributed by atoms with Gasteiger partial charge in [-0.3, -0.25) is 4.79 Å². The van der Waals surface area contributed by atoms with Crippen LogP contribution >= 0.6 is 15.9 Å². The fraction of sp³-hybridized carbons (Fsp3) is 0.350. The lowest BCUT2D eigenvalue weighted by molar-refractivity contribution is -0.131. The van der Waals surface area contributed by atoms with Crippen molar-refractivity contribution in [1.29, 1.82) is 0 Å². The molecular formula is C20H25BrN2O3S. The van der Waals surface area contributed by atoms with Crippen LogP contribution < -0.4 is 0 Å². The van der Waals surface area contributed by atoms with Crippen molar-refractivity contribution < 1.29 is 13.2 Å². The second-order valence-corrected chi connectivity index (χ2v) is 8.95. The molecule has 0 saturated heterocycles. The molecule has 0 spiro atoms. The van der Waals surface area contributed by atoms with Crippen molar-refractivity contribution in [3.8, 4) is 0 Å². The van der Waals surface area contributed by atoms with E-state index in [1.807, 2.05) is 44.2 Å². The topological polar surface area (TPSA) is 57.7 Å². The third-order valence-corrected chi connectivity index (χ3v) is 6.76. The number of amides is 1. The summed E-state index contributed by atoms with van der Waals surface area (Å²) in [5.41, 5.74) is 1.03. The minimum atomic E-state index is -3.77. The van der Waals surface area contributed by atoms with Gasteiger partial charge in [-0.1, -0.05) is 46.3 Å². The first-order valence-corrected chi connectivity index (χ1v) is 11.2. The van der Waals surface area contributed by atoms with Crippen LogP contribution in [0, 0.1) is 0 Å². The fourth-order valence-electron chi connectivity index (χ4n) is 2.77. The van der Waals surface area contributed by atoms with Crippen molar-refractivity contribution >= 4 is 31.9 Å². The highest BCUT2D eigenvalue weighted by molar-refractivity contribution is 9.10. The smallest absolute Gasteiger partial charge is 0.243 e. The van der Waals surface area contributed by atoms with Gasteiger partial charge in [-0.05, 0) is 50.1 Å². The van der Waals surface area contributed by atoms with E-state index in [1.54, 1.807) is 29.2 Å². The first kappa shape index (κ1) is 21.6. The third-order valence-electron chi connectivity index (χ3n) is 4.37. The van der Waals surface area contributed by atoms with Gasteiger partial charge in [0.05, 0.1) is 11.4 Å². The van der Waals surface area contributed by atoms with Crippen molar-refractivity contribution in [3.05, 3.63) is 64.6 Å². The van der Waals surface area contributed by atoms with Gasteiger partial charge in [0.1, 0.15) is 0 Å². The molecule has 27 heavy (non-hydrogen) atoms. The number of carbonyl (C=O) groups is 1. The monoisotopic (exact) mass is 452 g/mol. The molecule has 2 rings (SSSR count). The minimum Gasteiger partial charge on any atom is -0.342 e. The van der Waals surface area contributed by atoms with E-state index in [0.717, 1.165) is 10.0 Å². The van der Waals surface area contributed by atoms with Crippen LogP contribution in [0.2, 0.25) is 0 Å². The quantitative estimate of drug-likeness (QED) is 0.584. The molecule has 0 saturated carbocycles. The molecule has 0 aliphatic heterocycles. The second kappa shape index (κ2) is 10.0. The number of hydrogen-bond acceptors (Lipinski definition) is 3. The Bertz CT molecular complexity index is 835. The molecular weight excluding hydrogens is 428 g/mol. The van der Waals surface area contributed by atoms with Crippen LogP contribution in [0.3, 0.4) is 0 Å². The van der Waals surface area contributed by atoms with Crippen LogP contribution in [0.1, 0.15) is 19.4 Å². The van der Waals surface area contributed by atoms with E-state index in [2.05, 4.69) is 15.9 Å². The maximum atomic E-state index is 13.1. The van der Waals surface area contributed by atoms with E-state index in [1.165, 1.54) is 4.31 Å². The number of nitrogens with zero attached hydrogens (tertiary/aromatic N) is 2. The molecule has 0 aromatic heterocycles. The first-order chi connectivity index (χ1) is 12.9. The van der Waals surface area contributed by atoms with Crippen molar-refractivity contribution in [2.24, 2.45) is 0 Å². The lowest BCUT2D eigenvalue weighted by Crippen LogP contribution is -2.43. The highest BCUT2D eigenvalue weighted by Gasteiger charge is 2.27. The van der Waals surface area contributed by atoms with Crippen LogP contribution in [0.25, 0.3) is 0 Å². The molecule has 2 aromatic rings. The average molecular weight is 453 g/mol. The van der Waals surface area contributed by atoms with E-state index in [4.69, 9.17) is 0 Å². The highest BCUT2D eigenvalue weighted by atomic mass is 79.9. The number of carbonyl (C=O) groups excluding carboxylic acids is 1. The van der Waals surface area contributed by atoms with Gasteiger partial charge in [0, 0.05) is 24.1 Å². The molecule has 0 N–H and O–H groups in total. The summed E-state index contributed by atoms with van der Waals surface area (Å²) in [5, 5.41) is 0. The Labute approximate surface area is 170 Å². The summed E-state index contributed by atoms with van der Waals surface area (Å²) >= 11 is 3.32. The maximum absolute atomic E-state index is 13.1. The molecule has 146 valence electrons. The summed E-state index contributed by atoms with van der Waals surface area (Å²) in [6.07, 6.45) is 0.544. The molecule has 0 atom stereocenters. The molecule has 5 nitrogen and oxygen atoms in total. The van der Waals surface area contributed by atoms with Crippen LogP contribution in [-0.4, -0.2) is 49.7 Å². The summed E-state index contributed by atoms with van der Waals surface area (Å²) in [5.74, 6) is -0.186. The largest absolute Gasteiger partial charge is 0.342 e. The molecule has 0 aliphatic rings. The molecule has 0 unspecified atom stereocenters. The van der Waals surface area contributed by atoms with Gasteiger partial charge in [-0.25, -0.2) is 8.42 Å². The van der Waals surface area contributed by atoms with Gasteiger partial charge in [0.15, 0.2) is 0 Å². The zero-order valence-electron chi connectivity index (χ0n) is 15.6. The SMILES string of the molecule is CCN(CC)C(=O)CN(CCc1ccccc1)S(=O)(=O)c1ccc(Br)cc1. The highest BCUT2D eigenvalue weighted by Crippen LogP contribution is 2.19. The van der Waals surface area contributed by atoms with E-state index in [9.17, 15) is 13.2 Å². The van der Waals surface area contributed by atoms with Crippen LogP contribution in [-0.2, 0) is 21.2 Å². The van der Waals surface area contributed by atoms with Crippen molar-refractivity contribution in [2.75, 3.05) is 26.2 Å². The number of rotatable bonds is 9. The van der Waals surface area contributed by atoms with Crippen LogP contribution in [0.5, 0.6) is 0 Å². The Kier molecular flexibility index (Phi) is 8.01. The normalized spacial score (nSPS) is 11.6. The first-order valence-electron chi connectivity index (χ1n) is 8.96. The Morgan fingerprint density at radius 1 is 0.963 bits per heavy atom. The van der Waals surface area contributed by atoms with Crippen molar-refractivity contribution in [2.45, 2.75) is 25.2 Å². The van der Waals surface area contributed by atoms with Crippen LogP contribution in [0.15, 0.2) is 64.0 Å². The molecule has 1 amide bonds. The summed E-state index contributed by atoms with van der Waals surface area (Å²) in [7, 11) is -3.77. The van der Waals surface area contributed by atoms with E-state index < -0.39 is 10.0 Å². The summed E-state index contributed by atoms with van der Waals surface area (Å²) in [4.78, 5) is 14.4. The number of halogens is 1. The maximum Gasteiger partial charge on any atom is 0.243 e. The van der Waals surface area contributed by atoms with Crippen molar-refractivity contribution in [1.82, 2.24) is 9.21 Å². The fourth-order valence-corrected chi connectivity index (χ4v) is 4.42. The molecule has 0 aliphatic carbocycles. The molecule has 7 heteroatoms. The van der Waals surface area contributed by atoms with E-state index >= 15 is 0 Å². The number of benzene rings is 2. The van der Waals surface area contributed by atoms with Crippen molar-refractivity contribution in [3.63, 3.8) is 0 Å². The summed E-state index contributed by atoms with van der Waals surface area (Å²) < 4.78 is 28.4. The Morgan fingerprint density at radius 3 is 2.11 bits per heavy atom. The minimum absolute atomic E-state index is 0.160. The average Bonchev–Trinajstić information content (AvgIpc) is 2.67. The molecule has 0 heterocycles. The third kappa shape index (κ3) is 5.89. The lowest BCUT2D eigenvalue weighted by atomic mass is 10.1. The number of hydrogen-bond donors (Lipinski definition) is 0. The predicted molar refractivity (Wildman–Crippen MR) is 111 cm³/mol. The predicted octanol–water partition coefficient (Wildman–Crippen LogP) is 3.55. The van der Waals surface area contributed by atoms with Crippen LogP contribution in [0.4, 0.5) is 0 Å². The van der Waals surface area contributed by atoms with Gasteiger partial charge >= 0.3 is 0 Å². The van der Waals surface area contributed by atoms with Gasteiger partial charge in [-0.15, -0.1) is 0 Å². The Morgan fingerprint density at radius 2 is 1.56 bits per heavy atom. The van der Waals surface area contributed by atoms with Gasteiger partial charge < -0.3 is 4.90 Å². The van der Waals surface area contributed by atoms with Gasteiger partial charge in [-0.2, -0.15) is 4.31 Å². The molecule has 0 radical (unpaired) electrons. The number of likely N-dealkylation sites (N-methyl/N-ethyl adjacent to an activating group) is 1. The second-order valence-electron chi connectivity index (χ2n) is 6.09. The zero-order chi connectivity index (χ0) is 19.9. The summed E-state index contributed by atoms with van der Waals surface area (Å²) in [6, 6.07) is 16.2.